The van der Waals surface area contributed by atoms with Gasteiger partial charge in [-0.25, -0.2) is 4.98 Å². The van der Waals surface area contributed by atoms with E-state index in [4.69, 9.17) is 4.74 Å². The summed E-state index contributed by atoms with van der Waals surface area (Å²) in [5.74, 6) is 0.743. The van der Waals surface area contributed by atoms with Crippen LogP contribution in [0.3, 0.4) is 0 Å². The summed E-state index contributed by atoms with van der Waals surface area (Å²) in [6.07, 6.45) is 3.65. The predicted molar refractivity (Wildman–Crippen MR) is 68.9 cm³/mol. The Hall–Kier alpha value is -1.88. The summed E-state index contributed by atoms with van der Waals surface area (Å²) in [4.78, 5) is 18.3. The van der Waals surface area contributed by atoms with E-state index >= 15 is 0 Å². The van der Waals surface area contributed by atoms with Gasteiger partial charge in [0.15, 0.2) is 0 Å². The molecule has 18 heavy (non-hydrogen) atoms. The second-order valence-corrected chi connectivity index (χ2v) is 4.48. The predicted octanol–water partition coefficient (Wildman–Crippen LogP) is 1.05. The smallest absolute Gasteiger partial charge is 0.258 e. The first-order chi connectivity index (χ1) is 8.83. The third kappa shape index (κ3) is 2.22. The molecule has 0 saturated carbocycles. The molecule has 0 amide bonds. The Morgan fingerprint density at radius 1 is 1.28 bits per heavy atom. The van der Waals surface area contributed by atoms with Crippen LogP contribution in [0.5, 0.6) is 5.75 Å². The molecular formula is C13H15N3O2. The van der Waals surface area contributed by atoms with E-state index < -0.39 is 0 Å². The van der Waals surface area contributed by atoms with Crippen LogP contribution in [0.1, 0.15) is 12.8 Å². The van der Waals surface area contributed by atoms with Gasteiger partial charge >= 0.3 is 0 Å². The maximum Gasteiger partial charge on any atom is 0.258 e. The minimum Gasteiger partial charge on any atom is -0.490 e. The number of hydrogen-bond donors (Lipinski definition) is 2. The molecule has 0 bridgehead atoms. The average Bonchev–Trinajstić information content (AvgIpc) is 2.41. The average molecular weight is 245 g/mol. The van der Waals surface area contributed by atoms with Gasteiger partial charge < -0.3 is 15.0 Å². The van der Waals surface area contributed by atoms with E-state index in [9.17, 15) is 4.79 Å². The second kappa shape index (κ2) is 4.78. The van der Waals surface area contributed by atoms with Crippen molar-refractivity contribution in [2.24, 2.45) is 0 Å². The number of nitrogens with one attached hydrogen (secondary N) is 2. The van der Waals surface area contributed by atoms with Crippen LogP contribution >= 0.6 is 0 Å². The lowest BCUT2D eigenvalue weighted by Gasteiger charge is -2.23. The van der Waals surface area contributed by atoms with Crippen LogP contribution in [-0.2, 0) is 0 Å². The van der Waals surface area contributed by atoms with Gasteiger partial charge in [-0.2, -0.15) is 0 Å². The monoisotopic (exact) mass is 245 g/mol. The molecule has 0 unspecified atom stereocenters. The van der Waals surface area contributed by atoms with Crippen LogP contribution in [0.15, 0.2) is 29.3 Å². The van der Waals surface area contributed by atoms with Crippen molar-refractivity contribution in [1.29, 1.82) is 0 Å². The molecule has 5 nitrogen and oxygen atoms in total. The van der Waals surface area contributed by atoms with Crippen LogP contribution in [-0.4, -0.2) is 29.2 Å². The zero-order valence-corrected chi connectivity index (χ0v) is 9.98. The first-order valence-electron chi connectivity index (χ1n) is 6.18. The van der Waals surface area contributed by atoms with Crippen molar-refractivity contribution < 1.29 is 4.74 Å². The highest BCUT2D eigenvalue weighted by molar-refractivity contribution is 5.78. The van der Waals surface area contributed by atoms with E-state index in [0.29, 0.717) is 10.9 Å². The summed E-state index contributed by atoms with van der Waals surface area (Å²) < 4.78 is 5.90. The van der Waals surface area contributed by atoms with Crippen molar-refractivity contribution in [2.45, 2.75) is 18.9 Å². The summed E-state index contributed by atoms with van der Waals surface area (Å²) in [5.41, 5.74) is 0.562. The quantitative estimate of drug-likeness (QED) is 0.830. The molecule has 0 aliphatic carbocycles. The lowest BCUT2D eigenvalue weighted by atomic mass is 10.1. The molecule has 1 aliphatic rings. The van der Waals surface area contributed by atoms with Crippen molar-refractivity contribution in [3.63, 3.8) is 0 Å². The molecule has 1 aromatic carbocycles. The van der Waals surface area contributed by atoms with Crippen molar-refractivity contribution >= 4 is 10.9 Å². The van der Waals surface area contributed by atoms with E-state index in [1.807, 2.05) is 12.1 Å². The number of aromatic nitrogens is 2. The Morgan fingerprint density at radius 3 is 2.94 bits per heavy atom. The number of hydrogen-bond acceptors (Lipinski definition) is 4. The fourth-order valence-electron chi connectivity index (χ4n) is 2.23. The van der Waals surface area contributed by atoms with Crippen molar-refractivity contribution in [2.75, 3.05) is 13.1 Å². The first kappa shape index (κ1) is 11.2. The van der Waals surface area contributed by atoms with Gasteiger partial charge in [0.25, 0.3) is 5.56 Å². The Labute approximate surface area is 104 Å². The minimum absolute atomic E-state index is 0.129. The third-order valence-electron chi connectivity index (χ3n) is 3.20. The number of H-pyrrole nitrogens is 1. The topological polar surface area (TPSA) is 67.0 Å². The third-order valence-corrected chi connectivity index (χ3v) is 3.20. The number of nitrogens with zero attached hydrogens (tertiary/aromatic N) is 1. The van der Waals surface area contributed by atoms with Gasteiger partial charge in [-0.15, -0.1) is 0 Å². The summed E-state index contributed by atoms with van der Waals surface area (Å²) >= 11 is 0. The highest BCUT2D eigenvalue weighted by Crippen LogP contribution is 2.19. The molecule has 5 heteroatoms. The lowest BCUT2D eigenvalue weighted by molar-refractivity contribution is 0.162. The van der Waals surface area contributed by atoms with Gasteiger partial charge in [0.1, 0.15) is 11.9 Å². The zero-order chi connectivity index (χ0) is 12.4. The van der Waals surface area contributed by atoms with E-state index in [0.717, 1.165) is 31.7 Å². The molecule has 2 heterocycles. The molecule has 1 aromatic heterocycles. The van der Waals surface area contributed by atoms with E-state index in [2.05, 4.69) is 15.3 Å². The number of benzene rings is 1. The van der Waals surface area contributed by atoms with Crippen LogP contribution < -0.4 is 15.6 Å². The first-order valence-corrected chi connectivity index (χ1v) is 6.18. The van der Waals surface area contributed by atoms with Gasteiger partial charge in [-0.1, -0.05) is 0 Å². The Balaban J connectivity index is 1.88. The number of ether oxygens (including phenoxy) is 1. The van der Waals surface area contributed by atoms with Crippen molar-refractivity contribution in [3.05, 3.63) is 34.9 Å². The largest absolute Gasteiger partial charge is 0.490 e. The summed E-state index contributed by atoms with van der Waals surface area (Å²) in [6.45, 7) is 1.97. The lowest BCUT2D eigenvalue weighted by Crippen LogP contribution is -2.34. The molecule has 94 valence electrons. The van der Waals surface area contributed by atoms with Crippen LogP contribution in [0.4, 0.5) is 0 Å². The SMILES string of the molecule is O=c1[nH]cnc2ccc(OC3CCNCC3)cc12. The maximum atomic E-state index is 11.7. The number of fused-ring (bicyclic) bond motifs is 1. The van der Waals surface area contributed by atoms with Crippen LogP contribution in [0.25, 0.3) is 10.9 Å². The molecule has 0 radical (unpaired) electrons. The Bertz CT molecular complexity index is 602. The Kier molecular flexibility index (Phi) is 2.98. The van der Waals surface area contributed by atoms with Gasteiger partial charge in [0, 0.05) is 0 Å². The standard InChI is InChI=1S/C13H15N3O2/c17-13-11-7-10(1-2-12(11)15-8-16-13)18-9-3-5-14-6-4-9/h1-2,7-9,14H,3-6H2,(H,15,16,17). The molecule has 2 aromatic rings. The summed E-state index contributed by atoms with van der Waals surface area (Å²) in [7, 11) is 0. The highest BCUT2D eigenvalue weighted by atomic mass is 16.5. The highest BCUT2D eigenvalue weighted by Gasteiger charge is 2.14. The molecule has 1 fully saturated rings. The fourth-order valence-corrected chi connectivity index (χ4v) is 2.23. The minimum atomic E-state index is -0.129. The molecular weight excluding hydrogens is 230 g/mol. The molecule has 0 spiro atoms. The van der Waals surface area contributed by atoms with E-state index in [-0.39, 0.29) is 11.7 Å². The molecule has 3 rings (SSSR count). The van der Waals surface area contributed by atoms with Gasteiger partial charge in [-0.3, -0.25) is 4.79 Å². The van der Waals surface area contributed by atoms with Gasteiger partial charge in [-0.05, 0) is 44.1 Å². The van der Waals surface area contributed by atoms with Crippen LogP contribution in [0, 0.1) is 0 Å². The number of rotatable bonds is 2. The number of aromatic amines is 1. The van der Waals surface area contributed by atoms with Crippen molar-refractivity contribution in [1.82, 2.24) is 15.3 Å². The zero-order valence-electron chi connectivity index (χ0n) is 9.98. The van der Waals surface area contributed by atoms with Crippen molar-refractivity contribution in [3.8, 4) is 5.75 Å². The molecule has 1 saturated heterocycles. The van der Waals surface area contributed by atoms with Crippen LogP contribution in [0.2, 0.25) is 0 Å². The summed E-state index contributed by atoms with van der Waals surface area (Å²) in [6, 6.07) is 5.46. The number of piperidine rings is 1. The van der Waals surface area contributed by atoms with Gasteiger partial charge in [0.05, 0.1) is 17.2 Å². The molecule has 2 N–H and O–H groups in total. The molecule has 0 atom stereocenters. The second-order valence-electron chi connectivity index (χ2n) is 4.48. The summed E-state index contributed by atoms with van der Waals surface area (Å²) in [5, 5.41) is 3.87. The van der Waals surface area contributed by atoms with E-state index in [1.165, 1.54) is 6.33 Å². The molecule has 1 aliphatic heterocycles. The Morgan fingerprint density at radius 2 is 2.11 bits per heavy atom. The van der Waals surface area contributed by atoms with Gasteiger partial charge in [0.2, 0.25) is 0 Å². The maximum absolute atomic E-state index is 11.7. The normalized spacial score (nSPS) is 16.9. The fraction of sp³-hybridized carbons (Fsp3) is 0.385. The van der Waals surface area contributed by atoms with E-state index in [1.54, 1.807) is 6.07 Å².